The predicted octanol–water partition coefficient (Wildman–Crippen LogP) is 7.05. The maximum absolute atomic E-state index is 13.7. The molecule has 4 nitrogen and oxygen atoms in total. The standard InChI is InChI=1S/C25H17F3N4/c26-25(27,28)20-12-6-4-10-18(20)22-14-17(16-8-2-1-3-9-16)15-23(29-22)30-24-19-11-5-7-13-21(19)31-32-24/h1-15H,(H2,29,30,31,32). The average molecular weight is 430 g/mol. The van der Waals surface area contributed by atoms with Crippen LogP contribution in [0.5, 0.6) is 0 Å². The van der Waals surface area contributed by atoms with E-state index in [0.717, 1.165) is 28.1 Å². The first kappa shape index (κ1) is 19.8. The number of alkyl halides is 3. The predicted molar refractivity (Wildman–Crippen MR) is 119 cm³/mol. The van der Waals surface area contributed by atoms with Crippen molar-refractivity contribution in [1.29, 1.82) is 0 Å². The van der Waals surface area contributed by atoms with E-state index in [1.165, 1.54) is 12.1 Å². The summed E-state index contributed by atoms with van der Waals surface area (Å²) in [5, 5.41) is 11.3. The molecule has 0 amide bonds. The van der Waals surface area contributed by atoms with Crippen LogP contribution in [0, 0.1) is 0 Å². The normalized spacial score (nSPS) is 11.6. The minimum absolute atomic E-state index is 0.0210. The van der Waals surface area contributed by atoms with Crippen LogP contribution in [0.3, 0.4) is 0 Å². The highest BCUT2D eigenvalue weighted by Crippen LogP contribution is 2.38. The number of benzene rings is 3. The zero-order chi connectivity index (χ0) is 22.1. The number of aromatic nitrogens is 3. The van der Waals surface area contributed by atoms with Crippen LogP contribution < -0.4 is 5.32 Å². The molecule has 0 saturated heterocycles. The molecule has 0 aliphatic heterocycles. The van der Waals surface area contributed by atoms with Crippen molar-refractivity contribution in [2.24, 2.45) is 0 Å². The van der Waals surface area contributed by atoms with Gasteiger partial charge in [-0.1, -0.05) is 60.7 Å². The molecule has 2 aromatic heterocycles. The van der Waals surface area contributed by atoms with Gasteiger partial charge in [-0.15, -0.1) is 0 Å². The summed E-state index contributed by atoms with van der Waals surface area (Å²) >= 11 is 0. The summed E-state index contributed by atoms with van der Waals surface area (Å²) in [7, 11) is 0. The maximum atomic E-state index is 13.7. The van der Waals surface area contributed by atoms with Gasteiger partial charge in [0.15, 0.2) is 5.82 Å². The Labute approximate surface area is 181 Å². The average Bonchev–Trinajstić information content (AvgIpc) is 3.22. The highest BCUT2D eigenvalue weighted by Gasteiger charge is 2.33. The summed E-state index contributed by atoms with van der Waals surface area (Å²) in [4.78, 5) is 4.52. The van der Waals surface area contributed by atoms with Crippen LogP contribution in [0.15, 0.2) is 91.0 Å². The number of anilines is 2. The van der Waals surface area contributed by atoms with E-state index in [-0.39, 0.29) is 11.3 Å². The molecule has 0 spiro atoms. The molecule has 0 atom stereocenters. The Morgan fingerprint density at radius 1 is 0.750 bits per heavy atom. The van der Waals surface area contributed by atoms with E-state index in [1.807, 2.05) is 54.6 Å². The number of H-pyrrole nitrogens is 1. The highest BCUT2D eigenvalue weighted by atomic mass is 19.4. The van der Waals surface area contributed by atoms with Gasteiger partial charge in [-0.25, -0.2) is 4.98 Å². The minimum Gasteiger partial charge on any atom is -0.323 e. The van der Waals surface area contributed by atoms with Gasteiger partial charge in [0, 0.05) is 10.9 Å². The number of para-hydroxylation sites is 1. The van der Waals surface area contributed by atoms with Crippen LogP contribution in [-0.2, 0) is 6.18 Å². The first-order valence-electron chi connectivity index (χ1n) is 9.93. The summed E-state index contributed by atoms with van der Waals surface area (Å²) in [6, 6.07) is 26.0. The zero-order valence-corrected chi connectivity index (χ0v) is 16.7. The van der Waals surface area contributed by atoms with Gasteiger partial charge in [0.05, 0.1) is 16.8 Å². The molecule has 0 bridgehead atoms. The first-order valence-corrected chi connectivity index (χ1v) is 9.93. The lowest BCUT2D eigenvalue weighted by Crippen LogP contribution is -2.08. The van der Waals surface area contributed by atoms with Crippen LogP contribution >= 0.6 is 0 Å². The fourth-order valence-electron chi connectivity index (χ4n) is 3.66. The molecule has 2 N–H and O–H groups in total. The van der Waals surface area contributed by atoms with Gasteiger partial charge in [0.25, 0.3) is 0 Å². The highest BCUT2D eigenvalue weighted by molar-refractivity contribution is 5.91. The second kappa shape index (κ2) is 7.85. The molecule has 2 heterocycles. The molecule has 0 radical (unpaired) electrons. The fourth-order valence-corrected chi connectivity index (χ4v) is 3.66. The second-order valence-corrected chi connectivity index (χ2v) is 7.28. The van der Waals surface area contributed by atoms with Crippen molar-refractivity contribution in [2.75, 3.05) is 5.32 Å². The van der Waals surface area contributed by atoms with Gasteiger partial charge in [0.2, 0.25) is 0 Å². The van der Waals surface area contributed by atoms with Crippen molar-refractivity contribution in [3.05, 3.63) is 96.6 Å². The summed E-state index contributed by atoms with van der Waals surface area (Å²) < 4.78 is 41.0. The van der Waals surface area contributed by atoms with Crippen LogP contribution in [0.1, 0.15) is 5.56 Å². The van der Waals surface area contributed by atoms with Gasteiger partial charge in [-0.2, -0.15) is 18.3 Å². The quantitative estimate of drug-likeness (QED) is 0.321. The van der Waals surface area contributed by atoms with E-state index >= 15 is 0 Å². The Balaban J connectivity index is 1.67. The molecule has 0 unspecified atom stereocenters. The van der Waals surface area contributed by atoms with E-state index in [2.05, 4.69) is 20.5 Å². The Kier molecular flexibility index (Phi) is 4.86. The molecule has 0 saturated carbocycles. The van der Waals surface area contributed by atoms with Crippen molar-refractivity contribution >= 4 is 22.5 Å². The second-order valence-electron chi connectivity index (χ2n) is 7.28. The molecule has 0 aliphatic carbocycles. The van der Waals surface area contributed by atoms with Crippen molar-refractivity contribution in [1.82, 2.24) is 15.2 Å². The number of fused-ring (bicyclic) bond motifs is 1. The Morgan fingerprint density at radius 2 is 1.47 bits per heavy atom. The third kappa shape index (κ3) is 3.80. The number of pyridine rings is 1. The number of halogens is 3. The lowest BCUT2D eigenvalue weighted by molar-refractivity contribution is -0.137. The van der Waals surface area contributed by atoms with Gasteiger partial charge in [-0.05, 0) is 41.5 Å². The summed E-state index contributed by atoms with van der Waals surface area (Å²) in [5.74, 6) is 0.948. The van der Waals surface area contributed by atoms with E-state index in [9.17, 15) is 13.2 Å². The van der Waals surface area contributed by atoms with Crippen molar-refractivity contribution < 1.29 is 13.2 Å². The number of aromatic amines is 1. The van der Waals surface area contributed by atoms with E-state index in [4.69, 9.17) is 0 Å². The third-order valence-electron chi connectivity index (χ3n) is 5.16. The number of hydrogen-bond donors (Lipinski definition) is 2. The monoisotopic (exact) mass is 430 g/mol. The zero-order valence-electron chi connectivity index (χ0n) is 16.7. The van der Waals surface area contributed by atoms with Crippen LogP contribution in [0.2, 0.25) is 0 Å². The van der Waals surface area contributed by atoms with Crippen LogP contribution in [0.25, 0.3) is 33.3 Å². The largest absolute Gasteiger partial charge is 0.417 e. The molecule has 0 aliphatic rings. The lowest BCUT2D eigenvalue weighted by Gasteiger charge is -2.15. The van der Waals surface area contributed by atoms with E-state index < -0.39 is 11.7 Å². The summed E-state index contributed by atoms with van der Waals surface area (Å²) in [5.41, 5.74) is 1.98. The third-order valence-corrected chi connectivity index (χ3v) is 5.16. The van der Waals surface area contributed by atoms with E-state index in [0.29, 0.717) is 11.6 Å². The molecule has 5 rings (SSSR count). The smallest absolute Gasteiger partial charge is 0.323 e. The Hall–Kier alpha value is -4.13. The van der Waals surface area contributed by atoms with Crippen molar-refractivity contribution in [3.63, 3.8) is 0 Å². The molecule has 5 aromatic rings. The molecule has 7 heteroatoms. The first-order chi connectivity index (χ1) is 15.5. The Morgan fingerprint density at radius 3 is 2.28 bits per heavy atom. The van der Waals surface area contributed by atoms with Crippen LogP contribution in [-0.4, -0.2) is 15.2 Å². The molecular formula is C25H17F3N4. The lowest BCUT2D eigenvalue weighted by atomic mass is 9.99. The summed E-state index contributed by atoms with van der Waals surface area (Å²) in [6.07, 6.45) is -4.49. The molecule has 0 fully saturated rings. The number of nitrogens with zero attached hydrogens (tertiary/aromatic N) is 2. The number of nitrogens with one attached hydrogen (secondary N) is 2. The Bertz CT molecular complexity index is 1390. The molecule has 158 valence electrons. The van der Waals surface area contributed by atoms with Gasteiger partial charge >= 0.3 is 6.18 Å². The van der Waals surface area contributed by atoms with Crippen molar-refractivity contribution in [3.8, 4) is 22.4 Å². The number of hydrogen-bond acceptors (Lipinski definition) is 3. The molecule has 32 heavy (non-hydrogen) atoms. The summed E-state index contributed by atoms with van der Waals surface area (Å²) in [6.45, 7) is 0. The van der Waals surface area contributed by atoms with Crippen molar-refractivity contribution in [2.45, 2.75) is 6.18 Å². The maximum Gasteiger partial charge on any atom is 0.417 e. The topological polar surface area (TPSA) is 53.6 Å². The SMILES string of the molecule is FC(F)(F)c1ccccc1-c1cc(-c2ccccc2)cc(Nc2n[nH]c3ccccc23)n1. The minimum atomic E-state index is -4.49. The van der Waals surface area contributed by atoms with Gasteiger partial charge in [-0.3, -0.25) is 5.10 Å². The van der Waals surface area contributed by atoms with Gasteiger partial charge < -0.3 is 5.32 Å². The van der Waals surface area contributed by atoms with Gasteiger partial charge in [0.1, 0.15) is 5.82 Å². The molecular weight excluding hydrogens is 413 g/mol. The number of rotatable bonds is 4. The fraction of sp³-hybridized carbons (Fsp3) is 0.0400. The van der Waals surface area contributed by atoms with Crippen LogP contribution in [0.4, 0.5) is 24.8 Å². The van der Waals surface area contributed by atoms with E-state index in [1.54, 1.807) is 18.2 Å². The molecule has 3 aromatic carbocycles.